The molecule has 0 saturated carbocycles. The summed E-state index contributed by atoms with van der Waals surface area (Å²) in [5.74, 6) is 0.749. The average molecular weight is 258 g/mol. The summed E-state index contributed by atoms with van der Waals surface area (Å²) in [4.78, 5) is 23.5. The molecule has 0 radical (unpaired) electrons. The summed E-state index contributed by atoms with van der Waals surface area (Å²) in [6.07, 6.45) is 6.24. The first-order valence-electron chi connectivity index (χ1n) is 6.39. The average Bonchev–Trinajstić information content (AvgIpc) is 2.92. The molecule has 100 valence electrons. The molecule has 0 aromatic carbocycles. The lowest BCUT2D eigenvalue weighted by Crippen LogP contribution is -2.30. The van der Waals surface area contributed by atoms with E-state index in [0.717, 1.165) is 23.5 Å². The first-order chi connectivity index (χ1) is 9.20. The lowest BCUT2D eigenvalue weighted by molar-refractivity contribution is -0.121. The van der Waals surface area contributed by atoms with E-state index >= 15 is 0 Å². The van der Waals surface area contributed by atoms with E-state index in [2.05, 4.69) is 20.3 Å². The number of aromatic nitrogens is 3. The lowest BCUT2D eigenvalue weighted by atomic mass is 10.1. The van der Waals surface area contributed by atoms with E-state index in [9.17, 15) is 4.79 Å². The molecule has 1 amide bonds. The molecule has 0 aliphatic heterocycles. The SMILES string of the molecule is CCC(NC(=O)Cc1ncccc1C)c1ncc[nH]1. The van der Waals surface area contributed by atoms with Crippen LogP contribution in [0.2, 0.25) is 0 Å². The van der Waals surface area contributed by atoms with Crippen LogP contribution in [-0.4, -0.2) is 20.9 Å². The van der Waals surface area contributed by atoms with Gasteiger partial charge in [0, 0.05) is 18.6 Å². The highest BCUT2D eigenvalue weighted by atomic mass is 16.1. The number of rotatable bonds is 5. The molecule has 2 aromatic rings. The Labute approximate surface area is 112 Å². The van der Waals surface area contributed by atoms with Crippen LogP contribution in [0.5, 0.6) is 0 Å². The van der Waals surface area contributed by atoms with Crippen LogP contribution >= 0.6 is 0 Å². The Hall–Kier alpha value is -2.17. The number of carbonyl (C=O) groups is 1. The number of aryl methyl sites for hydroxylation is 1. The Kier molecular flexibility index (Phi) is 4.28. The molecule has 5 heteroatoms. The van der Waals surface area contributed by atoms with E-state index in [1.54, 1.807) is 18.6 Å². The minimum absolute atomic E-state index is 0.0370. The third-order valence-corrected chi connectivity index (χ3v) is 3.04. The minimum Gasteiger partial charge on any atom is -0.347 e. The van der Waals surface area contributed by atoms with Gasteiger partial charge in [0.1, 0.15) is 5.82 Å². The molecule has 0 aliphatic rings. The maximum absolute atomic E-state index is 12.0. The van der Waals surface area contributed by atoms with Crippen LogP contribution in [0.3, 0.4) is 0 Å². The van der Waals surface area contributed by atoms with E-state index in [0.29, 0.717) is 6.42 Å². The van der Waals surface area contributed by atoms with Crippen LogP contribution in [0.4, 0.5) is 0 Å². The van der Waals surface area contributed by atoms with Gasteiger partial charge < -0.3 is 10.3 Å². The Morgan fingerprint density at radius 1 is 1.42 bits per heavy atom. The number of aromatic amines is 1. The molecule has 1 atom stereocenters. The monoisotopic (exact) mass is 258 g/mol. The first-order valence-corrected chi connectivity index (χ1v) is 6.39. The molecule has 0 fully saturated rings. The van der Waals surface area contributed by atoms with E-state index in [1.165, 1.54) is 0 Å². The second-order valence-electron chi connectivity index (χ2n) is 4.45. The largest absolute Gasteiger partial charge is 0.347 e. The summed E-state index contributed by atoms with van der Waals surface area (Å²) in [6, 6.07) is 3.75. The number of amides is 1. The predicted octanol–water partition coefficient (Wildman–Crippen LogP) is 1.92. The molecule has 2 N–H and O–H groups in total. The fraction of sp³-hybridized carbons (Fsp3) is 0.357. The van der Waals surface area contributed by atoms with Crippen molar-refractivity contribution < 1.29 is 4.79 Å². The van der Waals surface area contributed by atoms with E-state index < -0.39 is 0 Å². The van der Waals surface area contributed by atoms with Crippen LogP contribution in [0.15, 0.2) is 30.7 Å². The smallest absolute Gasteiger partial charge is 0.226 e. The van der Waals surface area contributed by atoms with E-state index in [4.69, 9.17) is 0 Å². The summed E-state index contributed by atoms with van der Waals surface area (Å²) in [7, 11) is 0. The molecule has 2 rings (SSSR count). The fourth-order valence-electron chi connectivity index (χ4n) is 1.93. The summed E-state index contributed by atoms with van der Waals surface area (Å²) < 4.78 is 0. The Morgan fingerprint density at radius 2 is 2.26 bits per heavy atom. The number of hydrogen-bond acceptors (Lipinski definition) is 3. The van der Waals surface area contributed by atoms with Gasteiger partial charge in [0.25, 0.3) is 0 Å². The van der Waals surface area contributed by atoms with Crippen LogP contribution < -0.4 is 5.32 Å². The van der Waals surface area contributed by atoms with Gasteiger partial charge in [-0.15, -0.1) is 0 Å². The van der Waals surface area contributed by atoms with Crippen molar-refractivity contribution in [2.24, 2.45) is 0 Å². The van der Waals surface area contributed by atoms with Crippen molar-refractivity contribution in [1.29, 1.82) is 0 Å². The maximum Gasteiger partial charge on any atom is 0.226 e. The minimum atomic E-state index is -0.0773. The molecule has 5 nitrogen and oxygen atoms in total. The molecule has 0 bridgehead atoms. The highest BCUT2D eigenvalue weighted by Crippen LogP contribution is 2.12. The molecule has 0 saturated heterocycles. The quantitative estimate of drug-likeness (QED) is 0.860. The zero-order valence-corrected chi connectivity index (χ0v) is 11.2. The van der Waals surface area contributed by atoms with Gasteiger partial charge in [0.05, 0.1) is 18.2 Å². The third kappa shape index (κ3) is 3.40. The maximum atomic E-state index is 12.0. The predicted molar refractivity (Wildman–Crippen MR) is 72.4 cm³/mol. The van der Waals surface area contributed by atoms with Gasteiger partial charge >= 0.3 is 0 Å². The summed E-state index contributed by atoms with van der Waals surface area (Å²) in [5.41, 5.74) is 1.85. The molecule has 2 heterocycles. The highest BCUT2D eigenvalue weighted by molar-refractivity contribution is 5.78. The normalized spacial score (nSPS) is 12.1. The molecule has 0 spiro atoms. The molecule has 0 aliphatic carbocycles. The summed E-state index contributed by atoms with van der Waals surface area (Å²) >= 11 is 0. The molecular formula is C14H18N4O. The summed E-state index contributed by atoms with van der Waals surface area (Å²) in [5, 5.41) is 2.97. The fourth-order valence-corrected chi connectivity index (χ4v) is 1.93. The van der Waals surface area contributed by atoms with Gasteiger partial charge in [-0.25, -0.2) is 4.98 Å². The highest BCUT2D eigenvalue weighted by Gasteiger charge is 2.15. The van der Waals surface area contributed by atoms with E-state index in [-0.39, 0.29) is 11.9 Å². The lowest BCUT2D eigenvalue weighted by Gasteiger charge is -2.14. The number of carbonyl (C=O) groups excluding carboxylic acids is 1. The van der Waals surface area contributed by atoms with Gasteiger partial charge in [-0.3, -0.25) is 9.78 Å². The van der Waals surface area contributed by atoms with Gasteiger partial charge in [0.2, 0.25) is 5.91 Å². The number of imidazole rings is 1. The molecule has 19 heavy (non-hydrogen) atoms. The molecule has 1 unspecified atom stereocenters. The number of nitrogens with one attached hydrogen (secondary N) is 2. The zero-order valence-electron chi connectivity index (χ0n) is 11.2. The number of hydrogen-bond donors (Lipinski definition) is 2. The van der Waals surface area contributed by atoms with Crippen molar-refractivity contribution >= 4 is 5.91 Å². The van der Waals surface area contributed by atoms with Gasteiger partial charge in [0.15, 0.2) is 0 Å². The van der Waals surface area contributed by atoms with Crippen molar-refractivity contribution in [3.8, 4) is 0 Å². The topological polar surface area (TPSA) is 70.7 Å². The van der Waals surface area contributed by atoms with E-state index in [1.807, 2.05) is 26.0 Å². The van der Waals surface area contributed by atoms with Crippen molar-refractivity contribution in [2.45, 2.75) is 32.7 Å². The number of nitrogens with zero attached hydrogens (tertiary/aromatic N) is 2. The van der Waals surface area contributed by atoms with Crippen molar-refractivity contribution in [2.75, 3.05) is 0 Å². The van der Waals surface area contributed by atoms with Gasteiger partial charge in [-0.1, -0.05) is 13.0 Å². The number of H-pyrrole nitrogens is 1. The third-order valence-electron chi connectivity index (χ3n) is 3.04. The second kappa shape index (κ2) is 6.13. The van der Waals surface area contributed by atoms with Crippen molar-refractivity contribution in [3.63, 3.8) is 0 Å². The standard InChI is InChI=1S/C14H18N4O/c1-3-11(14-16-7-8-17-14)18-13(19)9-12-10(2)5-4-6-15-12/h4-8,11H,3,9H2,1-2H3,(H,16,17)(H,18,19). The number of pyridine rings is 1. The first kappa shape index (κ1) is 13.3. The van der Waals surface area contributed by atoms with Crippen molar-refractivity contribution in [3.05, 3.63) is 47.8 Å². The van der Waals surface area contributed by atoms with Crippen LogP contribution in [0.1, 0.15) is 36.5 Å². The molecule has 2 aromatic heterocycles. The Morgan fingerprint density at radius 3 is 2.89 bits per heavy atom. The molecular weight excluding hydrogens is 240 g/mol. The van der Waals surface area contributed by atoms with Crippen LogP contribution in [-0.2, 0) is 11.2 Å². The zero-order chi connectivity index (χ0) is 13.7. The van der Waals surface area contributed by atoms with Gasteiger partial charge in [-0.2, -0.15) is 0 Å². The van der Waals surface area contributed by atoms with Crippen molar-refractivity contribution in [1.82, 2.24) is 20.3 Å². The van der Waals surface area contributed by atoms with Gasteiger partial charge in [-0.05, 0) is 25.0 Å². The van der Waals surface area contributed by atoms with Crippen LogP contribution in [0.25, 0.3) is 0 Å². The van der Waals surface area contributed by atoms with Crippen LogP contribution in [0, 0.1) is 6.92 Å². The Bertz CT molecular complexity index is 536. The summed E-state index contributed by atoms with van der Waals surface area (Å²) in [6.45, 7) is 3.97. The second-order valence-corrected chi connectivity index (χ2v) is 4.45. The Balaban J connectivity index is 1.99.